The molecule has 3 rings (SSSR count). The predicted molar refractivity (Wildman–Crippen MR) is 128 cm³/mol. The molecule has 0 unspecified atom stereocenters. The summed E-state index contributed by atoms with van der Waals surface area (Å²) in [5.74, 6) is 0.0330. The second-order valence-electron chi connectivity index (χ2n) is 7.10. The maximum atomic E-state index is 12.4. The Morgan fingerprint density at radius 2 is 1.90 bits per heavy atom. The molecule has 1 aliphatic carbocycles. The molecule has 31 heavy (non-hydrogen) atoms. The maximum Gasteiger partial charge on any atom is 0.345 e. The van der Waals surface area contributed by atoms with Gasteiger partial charge in [0, 0.05) is 11.1 Å². The molecule has 2 aromatic rings. The number of carbonyl (C=O) groups is 1. The number of benzene rings is 2. The number of hydrogen-bond donors (Lipinski definition) is 2. The fraction of sp³-hybridized carbons (Fsp3) is 0.318. The summed E-state index contributed by atoms with van der Waals surface area (Å²) < 4.78 is 10.8. The number of methoxy groups -OCH3 is 1. The first kappa shape index (κ1) is 23.3. The van der Waals surface area contributed by atoms with Crippen LogP contribution < -0.4 is 20.2 Å². The van der Waals surface area contributed by atoms with Crippen LogP contribution in [0.1, 0.15) is 48.0 Å². The number of nitrogens with zero attached hydrogens (tertiary/aromatic N) is 1. The van der Waals surface area contributed by atoms with Crippen LogP contribution >= 0.6 is 35.4 Å². The SMILES string of the molecule is COc1cc(/C=N/NC(=S)NC2CCCCC2)ccc1OC(=O)c1ccc(Cl)cc1Cl. The molecular formula is C22H23Cl2N3O3S. The topological polar surface area (TPSA) is 71.9 Å². The molecule has 0 saturated heterocycles. The van der Waals surface area contributed by atoms with Crippen molar-refractivity contribution < 1.29 is 14.3 Å². The molecule has 0 aromatic heterocycles. The Bertz CT molecular complexity index is 978. The van der Waals surface area contributed by atoms with Gasteiger partial charge in [-0.25, -0.2) is 4.79 Å². The van der Waals surface area contributed by atoms with Crippen LogP contribution in [0.15, 0.2) is 41.5 Å². The minimum absolute atomic E-state index is 0.210. The third-order valence-electron chi connectivity index (χ3n) is 4.86. The normalized spacial score (nSPS) is 14.3. The first-order valence-electron chi connectivity index (χ1n) is 9.91. The van der Waals surface area contributed by atoms with Crippen molar-refractivity contribution in [2.24, 2.45) is 5.10 Å². The zero-order valence-corrected chi connectivity index (χ0v) is 19.3. The molecule has 164 valence electrons. The van der Waals surface area contributed by atoms with Crippen molar-refractivity contribution in [3.8, 4) is 11.5 Å². The van der Waals surface area contributed by atoms with E-state index in [2.05, 4.69) is 15.8 Å². The van der Waals surface area contributed by atoms with Gasteiger partial charge in [0.25, 0.3) is 0 Å². The number of rotatable bonds is 6. The number of carbonyl (C=O) groups excluding carboxylic acids is 1. The van der Waals surface area contributed by atoms with Gasteiger partial charge in [-0.1, -0.05) is 42.5 Å². The number of ether oxygens (including phenoxy) is 2. The predicted octanol–water partition coefficient (Wildman–Crippen LogP) is 5.35. The molecule has 0 bridgehead atoms. The number of halogens is 2. The Labute approximate surface area is 196 Å². The Morgan fingerprint density at radius 3 is 2.61 bits per heavy atom. The summed E-state index contributed by atoms with van der Waals surface area (Å²) >= 11 is 17.2. The monoisotopic (exact) mass is 479 g/mol. The third kappa shape index (κ3) is 6.82. The zero-order chi connectivity index (χ0) is 22.2. The van der Waals surface area contributed by atoms with E-state index in [1.807, 2.05) is 0 Å². The Balaban J connectivity index is 1.60. The average molecular weight is 480 g/mol. The molecule has 1 aliphatic rings. The summed E-state index contributed by atoms with van der Waals surface area (Å²) in [7, 11) is 1.49. The smallest absolute Gasteiger partial charge is 0.345 e. The van der Waals surface area contributed by atoms with E-state index in [0.717, 1.165) is 18.4 Å². The van der Waals surface area contributed by atoms with Crippen molar-refractivity contribution in [1.82, 2.24) is 10.7 Å². The van der Waals surface area contributed by atoms with Crippen molar-refractivity contribution in [3.63, 3.8) is 0 Å². The fourth-order valence-electron chi connectivity index (χ4n) is 3.29. The van der Waals surface area contributed by atoms with Gasteiger partial charge in [0.05, 0.1) is 23.9 Å². The first-order chi connectivity index (χ1) is 15.0. The molecule has 0 aliphatic heterocycles. The van der Waals surface area contributed by atoms with Gasteiger partial charge in [0.1, 0.15) is 0 Å². The highest BCUT2D eigenvalue weighted by Crippen LogP contribution is 2.30. The fourth-order valence-corrected chi connectivity index (χ4v) is 3.99. The highest BCUT2D eigenvalue weighted by atomic mass is 35.5. The number of hydrazone groups is 1. The standard InChI is InChI=1S/C22H23Cl2N3O3S/c1-29-20-11-14(13-25-27-22(31)26-16-5-3-2-4-6-16)7-10-19(20)30-21(28)17-9-8-15(23)12-18(17)24/h7-13,16H,2-6H2,1H3,(H2,26,27,31)/b25-13+. The molecule has 1 saturated carbocycles. The van der Waals surface area contributed by atoms with Gasteiger partial charge in [0.15, 0.2) is 16.6 Å². The van der Waals surface area contributed by atoms with E-state index in [1.54, 1.807) is 30.5 Å². The maximum absolute atomic E-state index is 12.4. The van der Waals surface area contributed by atoms with E-state index >= 15 is 0 Å². The summed E-state index contributed by atoms with van der Waals surface area (Å²) in [6, 6.07) is 10.0. The van der Waals surface area contributed by atoms with Crippen molar-refractivity contribution in [3.05, 3.63) is 57.6 Å². The summed E-state index contributed by atoms with van der Waals surface area (Å²) in [6.07, 6.45) is 7.61. The zero-order valence-electron chi connectivity index (χ0n) is 17.0. The van der Waals surface area contributed by atoms with Crippen LogP contribution in [-0.2, 0) is 0 Å². The van der Waals surface area contributed by atoms with Crippen molar-refractivity contribution >= 4 is 52.7 Å². The van der Waals surface area contributed by atoms with Crippen molar-refractivity contribution in [1.29, 1.82) is 0 Å². The third-order valence-corrected chi connectivity index (χ3v) is 5.62. The molecule has 2 N–H and O–H groups in total. The van der Waals surface area contributed by atoms with E-state index in [4.69, 9.17) is 44.9 Å². The van der Waals surface area contributed by atoms with Crippen molar-refractivity contribution in [2.45, 2.75) is 38.1 Å². The number of nitrogens with one attached hydrogen (secondary N) is 2. The van der Waals surface area contributed by atoms with Crippen LogP contribution in [0.3, 0.4) is 0 Å². The van der Waals surface area contributed by atoms with Gasteiger partial charge in [-0.05, 0) is 67.0 Å². The van der Waals surface area contributed by atoms with E-state index in [-0.39, 0.29) is 16.3 Å². The average Bonchev–Trinajstić information content (AvgIpc) is 2.75. The lowest BCUT2D eigenvalue weighted by Crippen LogP contribution is -2.40. The van der Waals surface area contributed by atoms with E-state index < -0.39 is 5.97 Å². The molecular weight excluding hydrogens is 457 g/mol. The molecule has 0 amide bonds. The van der Waals surface area contributed by atoms with Gasteiger partial charge < -0.3 is 14.8 Å². The number of thiocarbonyl (C=S) groups is 1. The lowest BCUT2D eigenvalue weighted by Gasteiger charge is -2.23. The lowest BCUT2D eigenvalue weighted by molar-refractivity contribution is 0.0730. The van der Waals surface area contributed by atoms with Gasteiger partial charge in [0.2, 0.25) is 0 Å². The minimum atomic E-state index is -0.609. The summed E-state index contributed by atoms with van der Waals surface area (Å²) in [5, 5.41) is 8.60. The van der Waals surface area contributed by atoms with Gasteiger partial charge >= 0.3 is 5.97 Å². The highest BCUT2D eigenvalue weighted by Gasteiger charge is 2.16. The van der Waals surface area contributed by atoms with E-state index in [0.29, 0.717) is 21.9 Å². The lowest BCUT2D eigenvalue weighted by atomic mass is 9.96. The summed E-state index contributed by atoms with van der Waals surface area (Å²) in [4.78, 5) is 12.4. The van der Waals surface area contributed by atoms with Crippen LogP contribution in [0.5, 0.6) is 11.5 Å². The van der Waals surface area contributed by atoms with Crippen LogP contribution in [0.2, 0.25) is 10.0 Å². The number of esters is 1. The van der Waals surface area contributed by atoms with Crippen molar-refractivity contribution in [2.75, 3.05) is 7.11 Å². The second kappa shape index (κ2) is 11.3. The minimum Gasteiger partial charge on any atom is -0.493 e. The number of hydrogen-bond acceptors (Lipinski definition) is 5. The van der Waals surface area contributed by atoms with Gasteiger partial charge in [-0.2, -0.15) is 5.10 Å². The summed E-state index contributed by atoms with van der Waals surface area (Å²) in [6.45, 7) is 0. The molecule has 6 nitrogen and oxygen atoms in total. The van der Waals surface area contributed by atoms with Crippen LogP contribution in [0, 0.1) is 0 Å². The molecule has 0 radical (unpaired) electrons. The Hall–Kier alpha value is -2.35. The first-order valence-corrected chi connectivity index (χ1v) is 11.1. The molecule has 2 aromatic carbocycles. The van der Waals surface area contributed by atoms with Crippen LogP contribution in [0.25, 0.3) is 0 Å². The second-order valence-corrected chi connectivity index (χ2v) is 8.35. The van der Waals surface area contributed by atoms with Crippen LogP contribution in [0.4, 0.5) is 0 Å². The van der Waals surface area contributed by atoms with Gasteiger partial charge in [-0.15, -0.1) is 0 Å². The van der Waals surface area contributed by atoms with Crippen LogP contribution in [-0.4, -0.2) is 30.4 Å². The molecule has 0 atom stereocenters. The Kier molecular flexibility index (Phi) is 8.51. The van der Waals surface area contributed by atoms with E-state index in [9.17, 15) is 4.79 Å². The highest BCUT2D eigenvalue weighted by molar-refractivity contribution is 7.80. The molecule has 1 fully saturated rings. The Morgan fingerprint density at radius 1 is 1.13 bits per heavy atom. The largest absolute Gasteiger partial charge is 0.493 e. The molecule has 9 heteroatoms. The molecule has 0 heterocycles. The molecule has 0 spiro atoms. The van der Waals surface area contributed by atoms with Gasteiger partial charge in [-0.3, -0.25) is 5.43 Å². The summed E-state index contributed by atoms with van der Waals surface area (Å²) in [5.41, 5.74) is 3.79. The van der Waals surface area contributed by atoms with E-state index in [1.165, 1.54) is 38.5 Å². The quantitative estimate of drug-likeness (QED) is 0.191.